The van der Waals surface area contributed by atoms with Gasteiger partial charge < -0.3 is 10.1 Å². The lowest BCUT2D eigenvalue weighted by Crippen LogP contribution is -2.35. The zero-order valence-electron chi connectivity index (χ0n) is 13.0. The lowest BCUT2D eigenvalue weighted by Gasteiger charge is -2.21. The van der Waals surface area contributed by atoms with Crippen molar-refractivity contribution < 1.29 is 4.74 Å². The van der Waals surface area contributed by atoms with E-state index in [1.807, 2.05) is 30.3 Å². The molecule has 21 heavy (non-hydrogen) atoms. The smallest absolute Gasteiger partial charge is 0.127 e. The van der Waals surface area contributed by atoms with Crippen molar-refractivity contribution in [2.45, 2.75) is 45.8 Å². The van der Waals surface area contributed by atoms with E-state index in [1.165, 1.54) is 0 Å². The first-order valence-corrected chi connectivity index (χ1v) is 8.07. The molecule has 0 aliphatic heterocycles. The minimum Gasteiger partial charge on any atom is -0.488 e. The molecule has 2 aromatic carbocycles. The molecule has 2 rings (SSSR count). The van der Waals surface area contributed by atoms with E-state index in [4.69, 9.17) is 16.3 Å². The number of fused-ring (bicyclic) bond motifs is 1. The Hall–Kier alpha value is -1.25. The molecule has 2 aromatic rings. The molecule has 0 radical (unpaired) electrons. The zero-order chi connectivity index (χ0) is 15.2. The highest BCUT2D eigenvalue weighted by molar-refractivity contribution is 6.35. The topological polar surface area (TPSA) is 21.3 Å². The average molecular weight is 306 g/mol. The normalized spacial score (nSPS) is 12.8. The van der Waals surface area contributed by atoms with E-state index in [0.29, 0.717) is 6.04 Å². The van der Waals surface area contributed by atoms with Crippen LogP contribution in [-0.2, 0) is 0 Å². The van der Waals surface area contributed by atoms with Crippen LogP contribution in [0, 0.1) is 0 Å². The molecule has 3 heteroatoms. The first-order valence-electron chi connectivity index (χ1n) is 7.69. The summed E-state index contributed by atoms with van der Waals surface area (Å²) in [5.41, 5.74) is 0. The summed E-state index contributed by atoms with van der Waals surface area (Å²) in [6.45, 7) is 7.36. The number of halogens is 1. The van der Waals surface area contributed by atoms with Crippen molar-refractivity contribution >= 4 is 22.4 Å². The van der Waals surface area contributed by atoms with Gasteiger partial charge in [0.1, 0.15) is 11.9 Å². The summed E-state index contributed by atoms with van der Waals surface area (Å²) in [5.74, 6) is 0.916. The van der Waals surface area contributed by atoms with Gasteiger partial charge in [-0.2, -0.15) is 0 Å². The van der Waals surface area contributed by atoms with Crippen LogP contribution in [0.2, 0.25) is 5.02 Å². The van der Waals surface area contributed by atoms with E-state index in [0.717, 1.165) is 40.9 Å². The second kappa shape index (κ2) is 7.67. The van der Waals surface area contributed by atoms with Crippen LogP contribution in [0.3, 0.4) is 0 Å². The second-order valence-electron chi connectivity index (χ2n) is 5.68. The van der Waals surface area contributed by atoms with Crippen LogP contribution in [-0.4, -0.2) is 18.7 Å². The van der Waals surface area contributed by atoms with Gasteiger partial charge in [-0.3, -0.25) is 0 Å². The molecule has 0 spiro atoms. The van der Waals surface area contributed by atoms with E-state index >= 15 is 0 Å². The molecule has 0 heterocycles. The number of hydrogen-bond acceptors (Lipinski definition) is 2. The maximum absolute atomic E-state index is 6.26. The zero-order valence-corrected chi connectivity index (χ0v) is 13.8. The Labute approximate surface area is 132 Å². The molecule has 1 N–H and O–H groups in total. The molecule has 0 saturated heterocycles. The number of benzene rings is 2. The molecule has 0 amide bonds. The Balaban J connectivity index is 2.22. The second-order valence-corrected chi connectivity index (χ2v) is 6.09. The van der Waals surface area contributed by atoms with Crippen molar-refractivity contribution in [2.24, 2.45) is 0 Å². The van der Waals surface area contributed by atoms with Gasteiger partial charge in [0.2, 0.25) is 0 Å². The highest BCUT2D eigenvalue weighted by Gasteiger charge is 2.13. The maximum atomic E-state index is 6.26. The molecule has 1 unspecified atom stereocenters. The molecule has 2 nitrogen and oxygen atoms in total. The predicted octanol–water partition coefficient (Wildman–Crippen LogP) is 5.04. The maximum Gasteiger partial charge on any atom is 0.127 e. The summed E-state index contributed by atoms with van der Waals surface area (Å²) in [6.07, 6.45) is 2.33. The fourth-order valence-electron chi connectivity index (χ4n) is 2.41. The fourth-order valence-corrected chi connectivity index (χ4v) is 2.64. The third kappa shape index (κ3) is 4.36. The summed E-state index contributed by atoms with van der Waals surface area (Å²) in [5, 5.41) is 6.35. The number of ether oxygens (including phenoxy) is 1. The van der Waals surface area contributed by atoms with Gasteiger partial charge in [-0.05, 0) is 18.6 Å². The predicted molar refractivity (Wildman–Crippen MR) is 91.4 cm³/mol. The van der Waals surface area contributed by atoms with Crippen molar-refractivity contribution in [3.8, 4) is 5.75 Å². The van der Waals surface area contributed by atoms with E-state index in [-0.39, 0.29) is 6.10 Å². The van der Waals surface area contributed by atoms with Gasteiger partial charge in [0, 0.05) is 28.4 Å². The average Bonchev–Trinajstić information content (AvgIpc) is 2.48. The highest BCUT2D eigenvalue weighted by atomic mass is 35.5. The Morgan fingerprint density at radius 1 is 1.10 bits per heavy atom. The minimum atomic E-state index is 0.182. The van der Waals surface area contributed by atoms with Gasteiger partial charge in [0.25, 0.3) is 0 Å². The molecule has 0 aliphatic rings. The Morgan fingerprint density at radius 3 is 2.48 bits per heavy atom. The molecular formula is C18H24ClNO. The fraction of sp³-hybridized carbons (Fsp3) is 0.444. The summed E-state index contributed by atoms with van der Waals surface area (Å²) in [4.78, 5) is 0. The SMILES string of the molecule is CCCC(CNC(C)C)Oc1ccc(Cl)c2ccccc12. The van der Waals surface area contributed by atoms with Crippen LogP contribution in [0.15, 0.2) is 36.4 Å². The standard InChI is InChI=1S/C18H24ClNO/c1-4-7-14(12-20-13(2)3)21-18-11-10-17(19)15-8-5-6-9-16(15)18/h5-6,8-11,13-14,20H,4,7,12H2,1-3H3. The molecule has 0 saturated carbocycles. The Morgan fingerprint density at radius 2 is 1.81 bits per heavy atom. The van der Waals surface area contributed by atoms with Crippen LogP contribution in [0.25, 0.3) is 10.8 Å². The van der Waals surface area contributed by atoms with Gasteiger partial charge in [-0.15, -0.1) is 0 Å². The first-order chi connectivity index (χ1) is 10.1. The summed E-state index contributed by atoms with van der Waals surface area (Å²) >= 11 is 6.26. The highest BCUT2D eigenvalue weighted by Crippen LogP contribution is 2.32. The molecule has 0 fully saturated rings. The number of nitrogens with one attached hydrogen (secondary N) is 1. The van der Waals surface area contributed by atoms with Crippen molar-refractivity contribution in [1.82, 2.24) is 5.32 Å². The quantitative estimate of drug-likeness (QED) is 0.774. The molecule has 1 atom stereocenters. The van der Waals surface area contributed by atoms with Crippen LogP contribution < -0.4 is 10.1 Å². The summed E-state index contributed by atoms with van der Waals surface area (Å²) < 4.78 is 6.25. The van der Waals surface area contributed by atoms with E-state index in [9.17, 15) is 0 Å². The first kappa shape index (κ1) is 16.1. The molecular weight excluding hydrogens is 282 g/mol. The van der Waals surface area contributed by atoms with Gasteiger partial charge in [-0.25, -0.2) is 0 Å². The van der Waals surface area contributed by atoms with Crippen molar-refractivity contribution in [2.75, 3.05) is 6.54 Å². The van der Waals surface area contributed by atoms with Gasteiger partial charge in [0.05, 0.1) is 0 Å². The summed E-state index contributed by atoms with van der Waals surface area (Å²) in [6, 6.07) is 12.5. The Bertz CT molecular complexity index is 582. The van der Waals surface area contributed by atoms with Crippen molar-refractivity contribution in [1.29, 1.82) is 0 Å². The third-order valence-electron chi connectivity index (χ3n) is 3.49. The van der Waals surface area contributed by atoms with Gasteiger partial charge in [-0.1, -0.05) is 63.1 Å². The van der Waals surface area contributed by atoms with Crippen molar-refractivity contribution in [3.05, 3.63) is 41.4 Å². The lowest BCUT2D eigenvalue weighted by atomic mass is 10.1. The molecule has 114 valence electrons. The van der Waals surface area contributed by atoms with E-state index < -0.39 is 0 Å². The Kier molecular flexibility index (Phi) is 5.89. The monoisotopic (exact) mass is 305 g/mol. The molecule has 0 aliphatic carbocycles. The van der Waals surface area contributed by atoms with Crippen LogP contribution in [0.5, 0.6) is 5.75 Å². The van der Waals surface area contributed by atoms with Crippen LogP contribution in [0.1, 0.15) is 33.6 Å². The molecule has 0 aromatic heterocycles. The summed E-state index contributed by atoms with van der Waals surface area (Å²) in [7, 11) is 0. The molecule has 0 bridgehead atoms. The number of rotatable bonds is 7. The number of hydrogen-bond donors (Lipinski definition) is 1. The lowest BCUT2D eigenvalue weighted by molar-refractivity contribution is 0.185. The largest absolute Gasteiger partial charge is 0.488 e. The van der Waals surface area contributed by atoms with E-state index in [2.05, 4.69) is 32.2 Å². The van der Waals surface area contributed by atoms with E-state index in [1.54, 1.807) is 0 Å². The van der Waals surface area contributed by atoms with Crippen LogP contribution in [0.4, 0.5) is 0 Å². The van der Waals surface area contributed by atoms with Gasteiger partial charge in [0.15, 0.2) is 0 Å². The minimum absolute atomic E-state index is 0.182. The van der Waals surface area contributed by atoms with Crippen molar-refractivity contribution in [3.63, 3.8) is 0 Å². The van der Waals surface area contributed by atoms with Gasteiger partial charge >= 0.3 is 0 Å². The van der Waals surface area contributed by atoms with Crippen LogP contribution >= 0.6 is 11.6 Å². The third-order valence-corrected chi connectivity index (χ3v) is 3.82.